The lowest BCUT2D eigenvalue weighted by Gasteiger charge is -2.02. The van der Waals surface area contributed by atoms with Gasteiger partial charge in [-0.15, -0.1) is 0 Å². The van der Waals surface area contributed by atoms with E-state index in [4.69, 9.17) is 0 Å². The van der Waals surface area contributed by atoms with E-state index < -0.39 is 0 Å². The van der Waals surface area contributed by atoms with Crippen LogP contribution in [0.5, 0.6) is 0 Å². The fourth-order valence-electron chi connectivity index (χ4n) is 1.13. The number of hydrogen-bond donors (Lipinski definition) is 0. The van der Waals surface area contributed by atoms with E-state index in [1.54, 1.807) is 0 Å². The zero-order valence-corrected chi connectivity index (χ0v) is 10.3. The van der Waals surface area contributed by atoms with E-state index in [9.17, 15) is 0 Å². The average Bonchev–Trinajstić information content (AvgIpc) is 2.32. The predicted octanol–water partition coefficient (Wildman–Crippen LogP) is 4.92. The van der Waals surface area contributed by atoms with Crippen molar-refractivity contribution in [3.8, 4) is 0 Å². The second-order valence-electron chi connectivity index (χ2n) is 3.50. The minimum atomic E-state index is 1.04. The van der Waals surface area contributed by atoms with Crippen molar-refractivity contribution >= 4 is 0 Å². The van der Waals surface area contributed by atoms with Gasteiger partial charge in [0.1, 0.15) is 0 Å². The lowest BCUT2D eigenvalue weighted by Crippen LogP contribution is -1.83. The molecule has 0 aliphatic rings. The van der Waals surface area contributed by atoms with Crippen LogP contribution in [0.2, 0.25) is 0 Å². The minimum absolute atomic E-state index is 1.04. The van der Waals surface area contributed by atoms with Gasteiger partial charge in [0, 0.05) is 0 Å². The highest BCUT2D eigenvalue weighted by atomic mass is 14.0. The Bertz CT molecular complexity index is 346. The van der Waals surface area contributed by atoms with Gasteiger partial charge in [-0.05, 0) is 25.0 Å². The molecule has 0 unspecified atom stereocenters. The highest BCUT2D eigenvalue weighted by Gasteiger charge is 1.95. The molecule has 0 aromatic rings. The summed E-state index contributed by atoms with van der Waals surface area (Å²) in [6.07, 6.45) is 11.3. The topological polar surface area (TPSA) is 0 Å². The summed E-state index contributed by atoms with van der Waals surface area (Å²) >= 11 is 0. The lowest BCUT2D eigenvalue weighted by atomic mass is 10.0. The molecule has 0 heterocycles. The first kappa shape index (κ1) is 14.2. The fraction of sp³-hybridized carbons (Fsp3) is 0.125. The quantitative estimate of drug-likeness (QED) is 0.548. The Hall–Kier alpha value is -1.82. The summed E-state index contributed by atoms with van der Waals surface area (Å²) in [7, 11) is 0. The minimum Gasteiger partial charge on any atom is -0.0988 e. The first-order valence-corrected chi connectivity index (χ1v) is 5.19. The molecule has 0 aromatic carbocycles. The van der Waals surface area contributed by atoms with Crippen LogP contribution in [0.4, 0.5) is 0 Å². The zero-order valence-electron chi connectivity index (χ0n) is 10.3. The number of rotatable bonds is 6. The van der Waals surface area contributed by atoms with Gasteiger partial charge >= 0.3 is 0 Å². The van der Waals surface area contributed by atoms with Gasteiger partial charge < -0.3 is 0 Å². The first-order chi connectivity index (χ1) is 7.58. The van der Waals surface area contributed by atoms with Crippen molar-refractivity contribution < 1.29 is 0 Å². The van der Waals surface area contributed by atoms with Crippen LogP contribution >= 0.6 is 0 Å². The molecular weight excluding hydrogens is 192 g/mol. The molecular formula is C16H20. The molecule has 0 N–H and O–H groups in total. The predicted molar refractivity (Wildman–Crippen MR) is 75.3 cm³/mol. The lowest BCUT2D eigenvalue weighted by molar-refractivity contribution is 1.44. The molecule has 0 radical (unpaired) electrons. The van der Waals surface area contributed by atoms with Crippen molar-refractivity contribution in [1.29, 1.82) is 0 Å². The fourth-order valence-corrected chi connectivity index (χ4v) is 1.13. The summed E-state index contributed by atoms with van der Waals surface area (Å²) < 4.78 is 0. The van der Waals surface area contributed by atoms with Crippen LogP contribution in [0.1, 0.15) is 13.8 Å². The molecule has 84 valence electrons. The zero-order chi connectivity index (χ0) is 12.6. The third-order valence-corrected chi connectivity index (χ3v) is 2.18. The molecule has 0 aliphatic heterocycles. The molecule has 0 amide bonds. The van der Waals surface area contributed by atoms with E-state index in [1.807, 2.05) is 50.3 Å². The van der Waals surface area contributed by atoms with E-state index in [2.05, 4.69) is 26.3 Å². The molecule has 0 heteroatoms. The largest absolute Gasteiger partial charge is 0.0988 e. The Labute approximate surface area is 99.4 Å². The maximum atomic E-state index is 3.81. The highest BCUT2D eigenvalue weighted by molar-refractivity contribution is 5.49. The Morgan fingerprint density at radius 3 is 1.12 bits per heavy atom. The van der Waals surface area contributed by atoms with Crippen LogP contribution in [0.15, 0.2) is 85.1 Å². The molecule has 0 aliphatic carbocycles. The van der Waals surface area contributed by atoms with E-state index >= 15 is 0 Å². The van der Waals surface area contributed by atoms with Crippen molar-refractivity contribution in [2.24, 2.45) is 0 Å². The van der Waals surface area contributed by atoms with Gasteiger partial charge in [0.25, 0.3) is 0 Å². The van der Waals surface area contributed by atoms with Crippen LogP contribution in [0.3, 0.4) is 0 Å². The van der Waals surface area contributed by atoms with Gasteiger partial charge in [0.2, 0.25) is 0 Å². The third kappa shape index (κ3) is 4.61. The standard InChI is InChI=1S/C16H20/c1-7-13(5)11-15(9-3)16(10-4)12-14(6)8-2/h7-12H,1-4H2,5-6H3/b13-11-,14-12-,16-15+. The Kier molecular flexibility index (Phi) is 6.62. The summed E-state index contributed by atoms with van der Waals surface area (Å²) in [6.45, 7) is 19.1. The smallest absolute Gasteiger partial charge is 0.0187 e. The second kappa shape index (κ2) is 7.47. The summed E-state index contributed by atoms with van der Waals surface area (Å²) in [5, 5.41) is 0. The molecule has 0 bridgehead atoms. The van der Waals surface area contributed by atoms with Crippen molar-refractivity contribution in [2.75, 3.05) is 0 Å². The van der Waals surface area contributed by atoms with Gasteiger partial charge in [0.15, 0.2) is 0 Å². The highest BCUT2D eigenvalue weighted by Crippen LogP contribution is 2.15. The molecule has 0 aromatic heterocycles. The van der Waals surface area contributed by atoms with Crippen molar-refractivity contribution in [3.05, 3.63) is 85.1 Å². The van der Waals surface area contributed by atoms with Gasteiger partial charge in [-0.3, -0.25) is 0 Å². The van der Waals surface area contributed by atoms with Crippen molar-refractivity contribution in [1.82, 2.24) is 0 Å². The maximum Gasteiger partial charge on any atom is -0.0187 e. The van der Waals surface area contributed by atoms with Crippen LogP contribution < -0.4 is 0 Å². The molecule has 0 rings (SSSR count). The molecule has 16 heavy (non-hydrogen) atoms. The normalized spacial score (nSPS) is 13.9. The number of hydrogen-bond acceptors (Lipinski definition) is 0. The van der Waals surface area contributed by atoms with Crippen LogP contribution in [0.25, 0.3) is 0 Å². The van der Waals surface area contributed by atoms with E-state index in [-0.39, 0.29) is 0 Å². The molecule has 0 saturated heterocycles. The monoisotopic (exact) mass is 212 g/mol. The Morgan fingerprint density at radius 1 is 0.625 bits per heavy atom. The van der Waals surface area contributed by atoms with Crippen molar-refractivity contribution in [2.45, 2.75) is 13.8 Å². The molecule has 0 saturated carbocycles. The Morgan fingerprint density at radius 2 is 0.938 bits per heavy atom. The van der Waals surface area contributed by atoms with E-state index in [0.29, 0.717) is 0 Å². The van der Waals surface area contributed by atoms with Crippen LogP contribution in [0, 0.1) is 0 Å². The molecule has 0 atom stereocenters. The van der Waals surface area contributed by atoms with Crippen LogP contribution in [-0.4, -0.2) is 0 Å². The number of allylic oxidation sites excluding steroid dienone is 10. The van der Waals surface area contributed by atoms with Gasteiger partial charge in [-0.25, -0.2) is 0 Å². The Balaban J connectivity index is 5.55. The van der Waals surface area contributed by atoms with Gasteiger partial charge in [-0.2, -0.15) is 0 Å². The first-order valence-electron chi connectivity index (χ1n) is 5.19. The molecule has 0 nitrogen and oxygen atoms in total. The van der Waals surface area contributed by atoms with E-state index in [0.717, 1.165) is 22.3 Å². The third-order valence-electron chi connectivity index (χ3n) is 2.18. The molecule has 0 fully saturated rings. The molecule has 0 spiro atoms. The van der Waals surface area contributed by atoms with E-state index in [1.165, 1.54) is 0 Å². The maximum absolute atomic E-state index is 3.81. The summed E-state index contributed by atoms with van der Waals surface area (Å²) in [5.41, 5.74) is 4.26. The van der Waals surface area contributed by atoms with Crippen LogP contribution in [-0.2, 0) is 0 Å². The SMILES string of the molecule is C=C\C(C)=C/C(C=C)=C(C=C)/C=C(/C)C=C. The summed E-state index contributed by atoms with van der Waals surface area (Å²) in [5.74, 6) is 0. The summed E-state index contributed by atoms with van der Waals surface area (Å²) in [6, 6.07) is 0. The van der Waals surface area contributed by atoms with Gasteiger partial charge in [-0.1, -0.05) is 73.9 Å². The average molecular weight is 212 g/mol. The second-order valence-corrected chi connectivity index (χ2v) is 3.50. The van der Waals surface area contributed by atoms with Crippen molar-refractivity contribution in [3.63, 3.8) is 0 Å². The van der Waals surface area contributed by atoms with Gasteiger partial charge in [0.05, 0.1) is 0 Å². The summed E-state index contributed by atoms with van der Waals surface area (Å²) in [4.78, 5) is 0.